The number of carbonyl (C=O) groups is 1. The van der Waals surface area contributed by atoms with Gasteiger partial charge >= 0.3 is 0 Å². The first-order chi connectivity index (χ1) is 10.4. The van der Waals surface area contributed by atoms with E-state index in [1.807, 2.05) is 13.0 Å². The summed E-state index contributed by atoms with van der Waals surface area (Å²) in [6.45, 7) is 2.44. The van der Waals surface area contributed by atoms with Crippen LogP contribution in [-0.2, 0) is 11.2 Å². The molecular formula is C17H25FN2O2. The van der Waals surface area contributed by atoms with Gasteiger partial charge in [-0.05, 0) is 43.9 Å². The number of hydrogen-bond acceptors (Lipinski definition) is 3. The standard InChI is InChI=1S/C17H25FN2O2/c1-17(19)9-4-3-5-13(17)16(21)20-10-8-12-6-7-15(22-2)14(18)11-12/h6-7,11,13H,3-5,8-10,19H2,1-2H3,(H,20,21). The molecule has 1 aromatic carbocycles. The molecule has 2 unspecified atom stereocenters. The van der Waals surface area contributed by atoms with Crippen LogP contribution in [0.4, 0.5) is 4.39 Å². The van der Waals surface area contributed by atoms with Gasteiger partial charge in [-0.25, -0.2) is 4.39 Å². The van der Waals surface area contributed by atoms with E-state index in [0.29, 0.717) is 13.0 Å². The van der Waals surface area contributed by atoms with Crippen LogP contribution in [-0.4, -0.2) is 25.1 Å². The van der Waals surface area contributed by atoms with Gasteiger partial charge in [-0.2, -0.15) is 0 Å². The third-order valence-electron chi connectivity index (χ3n) is 4.50. The van der Waals surface area contributed by atoms with Crippen LogP contribution in [0.5, 0.6) is 5.75 Å². The summed E-state index contributed by atoms with van der Waals surface area (Å²) in [6.07, 6.45) is 4.45. The van der Waals surface area contributed by atoms with Gasteiger partial charge in [-0.1, -0.05) is 18.9 Å². The Balaban J connectivity index is 1.85. The molecule has 1 aromatic rings. The molecule has 1 saturated carbocycles. The molecule has 0 saturated heterocycles. The molecule has 0 aliphatic heterocycles. The molecule has 0 spiro atoms. The minimum atomic E-state index is -0.422. The van der Waals surface area contributed by atoms with E-state index in [4.69, 9.17) is 10.5 Å². The fourth-order valence-electron chi connectivity index (χ4n) is 3.11. The van der Waals surface area contributed by atoms with E-state index in [9.17, 15) is 9.18 Å². The minimum Gasteiger partial charge on any atom is -0.494 e. The maximum atomic E-state index is 13.6. The number of halogens is 1. The number of hydrogen-bond donors (Lipinski definition) is 2. The highest BCUT2D eigenvalue weighted by atomic mass is 19.1. The number of nitrogens with two attached hydrogens (primary N) is 1. The Morgan fingerprint density at radius 2 is 2.27 bits per heavy atom. The molecule has 0 radical (unpaired) electrons. The zero-order chi connectivity index (χ0) is 16.2. The lowest BCUT2D eigenvalue weighted by molar-refractivity contribution is -0.128. The molecule has 2 rings (SSSR count). The van der Waals surface area contributed by atoms with Gasteiger partial charge in [0.15, 0.2) is 11.6 Å². The quantitative estimate of drug-likeness (QED) is 0.878. The SMILES string of the molecule is COc1ccc(CCNC(=O)C2CCCCC2(C)N)cc1F. The van der Waals surface area contributed by atoms with Gasteiger partial charge in [0, 0.05) is 12.1 Å². The van der Waals surface area contributed by atoms with Gasteiger partial charge in [0.25, 0.3) is 0 Å². The maximum absolute atomic E-state index is 13.6. The summed E-state index contributed by atoms with van der Waals surface area (Å²) in [5.74, 6) is -0.269. The lowest BCUT2D eigenvalue weighted by atomic mass is 9.74. The Kier molecular flexibility index (Phi) is 5.40. The topological polar surface area (TPSA) is 64.3 Å². The number of benzene rings is 1. The summed E-state index contributed by atoms with van der Waals surface area (Å²) in [5.41, 5.74) is 6.64. The van der Waals surface area contributed by atoms with Crippen molar-refractivity contribution in [3.8, 4) is 5.75 Å². The van der Waals surface area contributed by atoms with E-state index in [1.54, 1.807) is 6.07 Å². The highest BCUT2D eigenvalue weighted by molar-refractivity contribution is 5.80. The smallest absolute Gasteiger partial charge is 0.224 e. The Labute approximate surface area is 131 Å². The molecule has 1 aliphatic carbocycles. The number of nitrogens with one attached hydrogen (secondary N) is 1. The number of methoxy groups -OCH3 is 1. The van der Waals surface area contributed by atoms with Crippen LogP contribution < -0.4 is 15.8 Å². The molecule has 3 N–H and O–H groups in total. The normalized spacial score (nSPS) is 24.8. The summed E-state index contributed by atoms with van der Waals surface area (Å²) in [5, 5.41) is 2.93. The number of rotatable bonds is 5. The van der Waals surface area contributed by atoms with Crippen molar-refractivity contribution < 1.29 is 13.9 Å². The monoisotopic (exact) mass is 308 g/mol. The zero-order valence-electron chi connectivity index (χ0n) is 13.3. The number of ether oxygens (including phenoxy) is 1. The first kappa shape index (κ1) is 16.7. The fourth-order valence-corrected chi connectivity index (χ4v) is 3.11. The third-order valence-corrected chi connectivity index (χ3v) is 4.50. The van der Waals surface area contributed by atoms with Crippen molar-refractivity contribution in [3.63, 3.8) is 0 Å². The van der Waals surface area contributed by atoms with Crippen LogP contribution in [0, 0.1) is 11.7 Å². The first-order valence-corrected chi connectivity index (χ1v) is 7.83. The van der Waals surface area contributed by atoms with Crippen LogP contribution >= 0.6 is 0 Å². The number of amides is 1. The van der Waals surface area contributed by atoms with Crippen molar-refractivity contribution in [1.82, 2.24) is 5.32 Å². The van der Waals surface area contributed by atoms with E-state index in [0.717, 1.165) is 31.2 Å². The van der Waals surface area contributed by atoms with Crippen molar-refractivity contribution >= 4 is 5.91 Å². The second kappa shape index (κ2) is 7.09. The zero-order valence-corrected chi connectivity index (χ0v) is 13.3. The Morgan fingerprint density at radius 1 is 1.50 bits per heavy atom. The molecule has 22 heavy (non-hydrogen) atoms. The van der Waals surface area contributed by atoms with Crippen LogP contribution in [0.1, 0.15) is 38.2 Å². The molecule has 0 heterocycles. The lowest BCUT2D eigenvalue weighted by Crippen LogP contribution is -2.53. The van der Waals surface area contributed by atoms with Gasteiger partial charge in [-0.15, -0.1) is 0 Å². The average molecular weight is 308 g/mol. The lowest BCUT2D eigenvalue weighted by Gasteiger charge is -2.37. The molecule has 1 amide bonds. The van der Waals surface area contributed by atoms with Crippen LogP contribution in [0.15, 0.2) is 18.2 Å². The third kappa shape index (κ3) is 3.97. The molecule has 4 nitrogen and oxygen atoms in total. The average Bonchev–Trinajstić information content (AvgIpc) is 2.47. The van der Waals surface area contributed by atoms with Crippen molar-refractivity contribution in [2.45, 2.75) is 44.6 Å². The van der Waals surface area contributed by atoms with Gasteiger partial charge < -0.3 is 15.8 Å². The summed E-state index contributed by atoms with van der Waals surface area (Å²) in [7, 11) is 1.44. The van der Waals surface area contributed by atoms with Gasteiger partial charge in [0.05, 0.1) is 13.0 Å². The van der Waals surface area contributed by atoms with E-state index in [-0.39, 0.29) is 23.4 Å². The van der Waals surface area contributed by atoms with Crippen molar-refractivity contribution in [1.29, 1.82) is 0 Å². The van der Waals surface area contributed by atoms with Crippen LogP contribution in [0.3, 0.4) is 0 Å². The van der Waals surface area contributed by atoms with Crippen molar-refractivity contribution in [2.75, 3.05) is 13.7 Å². The fraction of sp³-hybridized carbons (Fsp3) is 0.588. The predicted molar refractivity (Wildman–Crippen MR) is 84.2 cm³/mol. The van der Waals surface area contributed by atoms with Gasteiger partial charge in [0.1, 0.15) is 0 Å². The highest BCUT2D eigenvalue weighted by Gasteiger charge is 2.37. The highest BCUT2D eigenvalue weighted by Crippen LogP contribution is 2.31. The molecule has 0 aromatic heterocycles. The molecule has 0 bridgehead atoms. The predicted octanol–water partition coefficient (Wildman–Crippen LogP) is 2.40. The summed E-state index contributed by atoms with van der Waals surface area (Å²) >= 11 is 0. The van der Waals surface area contributed by atoms with Gasteiger partial charge in [0.2, 0.25) is 5.91 Å². The molecule has 1 aliphatic rings. The Bertz CT molecular complexity index is 531. The largest absolute Gasteiger partial charge is 0.494 e. The van der Waals surface area contributed by atoms with E-state index < -0.39 is 5.54 Å². The molecular weight excluding hydrogens is 283 g/mol. The second-order valence-corrected chi connectivity index (χ2v) is 6.31. The van der Waals surface area contributed by atoms with Crippen molar-refractivity contribution in [3.05, 3.63) is 29.6 Å². The second-order valence-electron chi connectivity index (χ2n) is 6.31. The Morgan fingerprint density at radius 3 is 2.91 bits per heavy atom. The Hall–Kier alpha value is -1.62. The molecule has 1 fully saturated rings. The van der Waals surface area contributed by atoms with Crippen molar-refractivity contribution in [2.24, 2.45) is 11.7 Å². The summed E-state index contributed by atoms with van der Waals surface area (Å²) in [6, 6.07) is 4.85. The summed E-state index contributed by atoms with van der Waals surface area (Å²) < 4.78 is 18.5. The minimum absolute atomic E-state index is 0.0127. The van der Waals surface area contributed by atoms with Crippen LogP contribution in [0.25, 0.3) is 0 Å². The van der Waals surface area contributed by atoms with E-state index >= 15 is 0 Å². The number of carbonyl (C=O) groups excluding carboxylic acids is 1. The van der Waals surface area contributed by atoms with E-state index in [2.05, 4.69) is 5.32 Å². The molecule has 2 atom stereocenters. The summed E-state index contributed by atoms with van der Waals surface area (Å²) in [4.78, 5) is 12.3. The molecule has 122 valence electrons. The first-order valence-electron chi connectivity index (χ1n) is 7.83. The van der Waals surface area contributed by atoms with E-state index in [1.165, 1.54) is 13.2 Å². The van der Waals surface area contributed by atoms with Gasteiger partial charge in [-0.3, -0.25) is 4.79 Å². The molecule has 5 heteroatoms. The van der Waals surface area contributed by atoms with Crippen LogP contribution in [0.2, 0.25) is 0 Å². The maximum Gasteiger partial charge on any atom is 0.224 e.